The summed E-state index contributed by atoms with van der Waals surface area (Å²) in [6.45, 7) is 0. The molecular formula is C53H37N. The van der Waals surface area contributed by atoms with Crippen molar-refractivity contribution in [2.45, 2.75) is 5.41 Å². The van der Waals surface area contributed by atoms with Crippen LogP contribution in [-0.4, -0.2) is 0 Å². The Balaban J connectivity index is 1.16. The largest absolute Gasteiger partial charge is 0.310 e. The van der Waals surface area contributed by atoms with Gasteiger partial charge in [0.15, 0.2) is 0 Å². The van der Waals surface area contributed by atoms with Crippen LogP contribution in [0.2, 0.25) is 0 Å². The Morgan fingerprint density at radius 2 is 0.741 bits per heavy atom. The zero-order valence-electron chi connectivity index (χ0n) is 29.8. The molecule has 0 N–H and O–H groups in total. The number of hydrogen-bond donors (Lipinski definition) is 0. The van der Waals surface area contributed by atoms with Gasteiger partial charge in [-0.15, -0.1) is 0 Å². The molecule has 0 fully saturated rings. The number of nitrogens with zero attached hydrogens (tertiary/aromatic N) is 1. The monoisotopic (exact) mass is 687 g/mol. The predicted octanol–water partition coefficient (Wildman–Crippen LogP) is 14.0. The molecule has 0 unspecified atom stereocenters. The molecular weight excluding hydrogens is 651 g/mol. The highest BCUT2D eigenvalue weighted by Crippen LogP contribution is 2.57. The lowest BCUT2D eigenvalue weighted by atomic mass is 9.67. The van der Waals surface area contributed by atoms with Crippen LogP contribution in [-0.2, 0) is 5.41 Å². The summed E-state index contributed by atoms with van der Waals surface area (Å²) >= 11 is 0. The van der Waals surface area contributed by atoms with E-state index in [1.54, 1.807) is 0 Å². The van der Waals surface area contributed by atoms with Gasteiger partial charge in [-0.25, -0.2) is 0 Å². The molecule has 0 amide bonds. The third-order valence-corrected chi connectivity index (χ3v) is 11.1. The summed E-state index contributed by atoms with van der Waals surface area (Å²) in [5.41, 5.74) is 15.3. The first kappa shape index (κ1) is 31.7. The highest BCUT2D eigenvalue weighted by atomic mass is 15.1. The van der Waals surface area contributed by atoms with Crippen LogP contribution < -0.4 is 4.90 Å². The van der Waals surface area contributed by atoms with Crippen molar-refractivity contribution in [2.24, 2.45) is 0 Å². The van der Waals surface area contributed by atoms with E-state index in [1.165, 1.54) is 66.4 Å². The number of hydrogen-bond acceptors (Lipinski definition) is 1. The Bertz CT molecular complexity index is 2690. The van der Waals surface area contributed by atoms with Crippen LogP contribution in [0.3, 0.4) is 0 Å². The molecule has 0 aromatic heterocycles. The molecule has 0 spiro atoms. The van der Waals surface area contributed by atoms with E-state index in [4.69, 9.17) is 0 Å². The summed E-state index contributed by atoms with van der Waals surface area (Å²) in [6, 6.07) is 82.0. The van der Waals surface area contributed by atoms with Crippen LogP contribution in [0.15, 0.2) is 224 Å². The fourth-order valence-corrected chi connectivity index (χ4v) is 8.62. The van der Waals surface area contributed by atoms with Gasteiger partial charge < -0.3 is 4.90 Å². The summed E-state index contributed by atoms with van der Waals surface area (Å²) < 4.78 is 0. The van der Waals surface area contributed by atoms with Crippen LogP contribution in [0.25, 0.3) is 44.2 Å². The normalized spacial score (nSPS) is 12.6. The molecule has 9 aromatic rings. The van der Waals surface area contributed by atoms with E-state index in [1.807, 2.05) is 0 Å². The second-order valence-corrected chi connectivity index (χ2v) is 14.1. The van der Waals surface area contributed by atoms with Gasteiger partial charge in [0.2, 0.25) is 0 Å². The molecule has 1 nitrogen and oxygen atoms in total. The Hall–Kier alpha value is -6.96. The molecule has 9 aromatic carbocycles. The maximum Gasteiger partial charge on any atom is 0.0714 e. The van der Waals surface area contributed by atoms with Crippen molar-refractivity contribution in [2.75, 3.05) is 4.90 Å². The number of benzene rings is 9. The quantitative estimate of drug-likeness (QED) is 0.161. The third-order valence-electron chi connectivity index (χ3n) is 11.1. The predicted molar refractivity (Wildman–Crippen MR) is 227 cm³/mol. The van der Waals surface area contributed by atoms with Crippen LogP contribution in [0.4, 0.5) is 17.1 Å². The van der Waals surface area contributed by atoms with Crippen LogP contribution in [0.5, 0.6) is 0 Å². The smallest absolute Gasteiger partial charge is 0.0714 e. The molecule has 0 radical (unpaired) electrons. The molecule has 0 saturated heterocycles. The minimum Gasteiger partial charge on any atom is -0.310 e. The minimum atomic E-state index is -0.479. The van der Waals surface area contributed by atoms with Crippen LogP contribution in [0.1, 0.15) is 22.3 Å². The van der Waals surface area contributed by atoms with Crippen molar-refractivity contribution in [3.05, 3.63) is 247 Å². The number of anilines is 3. The van der Waals surface area contributed by atoms with Gasteiger partial charge >= 0.3 is 0 Å². The highest BCUT2D eigenvalue weighted by molar-refractivity contribution is 5.91. The summed E-state index contributed by atoms with van der Waals surface area (Å²) in [7, 11) is 0. The average Bonchev–Trinajstić information content (AvgIpc) is 3.55. The number of rotatable bonds is 7. The first-order valence-corrected chi connectivity index (χ1v) is 18.7. The van der Waals surface area contributed by atoms with Crippen molar-refractivity contribution >= 4 is 27.8 Å². The van der Waals surface area contributed by atoms with E-state index in [2.05, 4.69) is 229 Å². The van der Waals surface area contributed by atoms with Gasteiger partial charge in [0, 0.05) is 17.1 Å². The van der Waals surface area contributed by atoms with E-state index in [0.717, 1.165) is 17.1 Å². The lowest BCUT2D eigenvalue weighted by molar-refractivity contribution is 0.768. The van der Waals surface area contributed by atoms with Crippen molar-refractivity contribution < 1.29 is 0 Å². The third kappa shape index (κ3) is 5.25. The molecule has 0 bridgehead atoms. The topological polar surface area (TPSA) is 3.24 Å². The molecule has 10 rings (SSSR count). The van der Waals surface area contributed by atoms with Gasteiger partial charge in [-0.05, 0) is 109 Å². The zero-order valence-corrected chi connectivity index (χ0v) is 29.8. The SMILES string of the molecule is c1ccc(-c2ccc(N(c3ccc(-c4ccc5ccccc5c4)cc3)c3ccc4c(c3)C(c3ccccc3)(c3ccccc3)c3ccccc3-4)cc2)cc1. The van der Waals surface area contributed by atoms with Crippen LogP contribution in [0, 0.1) is 0 Å². The second-order valence-electron chi connectivity index (χ2n) is 14.1. The zero-order chi connectivity index (χ0) is 35.9. The maximum absolute atomic E-state index is 2.44. The standard InChI is InChI=1S/C53H37N/c1-4-14-38(15-5-1)40-26-30-46(31-27-40)54(47-32-28-41(29-33-47)43-25-24-39-16-10-11-17-42(39)36-43)48-34-35-50-49-22-12-13-23-51(49)53(52(50)37-48,44-18-6-2-7-19-44)45-20-8-3-9-21-45/h1-37H. The summed E-state index contributed by atoms with van der Waals surface area (Å²) in [6.07, 6.45) is 0. The van der Waals surface area contributed by atoms with Gasteiger partial charge in [-0.3, -0.25) is 0 Å². The van der Waals surface area contributed by atoms with Gasteiger partial charge in [-0.2, -0.15) is 0 Å². The molecule has 254 valence electrons. The van der Waals surface area contributed by atoms with E-state index in [-0.39, 0.29) is 0 Å². The van der Waals surface area contributed by atoms with Gasteiger partial charge in [0.05, 0.1) is 5.41 Å². The first-order chi connectivity index (χ1) is 26.8. The first-order valence-electron chi connectivity index (χ1n) is 18.7. The lowest BCUT2D eigenvalue weighted by Gasteiger charge is -2.35. The van der Waals surface area contributed by atoms with Crippen molar-refractivity contribution in [3.63, 3.8) is 0 Å². The summed E-state index contributed by atoms with van der Waals surface area (Å²) in [5, 5.41) is 2.50. The lowest BCUT2D eigenvalue weighted by Crippen LogP contribution is -2.28. The molecule has 0 atom stereocenters. The van der Waals surface area contributed by atoms with E-state index >= 15 is 0 Å². The fraction of sp³-hybridized carbons (Fsp3) is 0.0189. The van der Waals surface area contributed by atoms with Gasteiger partial charge in [0.25, 0.3) is 0 Å². The minimum absolute atomic E-state index is 0.479. The summed E-state index contributed by atoms with van der Waals surface area (Å²) in [5.74, 6) is 0. The van der Waals surface area contributed by atoms with E-state index < -0.39 is 5.41 Å². The average molecular weight is 688 g/mol. The molecule has 1 heteroatoms. The second kappa shape index (κ2) is 13.2. The molecule has 0 aliphatic heterocycles. The van der Waals surface area contributed by atoms with E-state index in [0.29, 0.717) is 0 Å². The van der Waals surface area contributed by atoms with Crippen molar-refractivity contribution in [1.29, 1.82) is 0 Å². The molecule has 0 heterocycles. The number of fused-ring (bicyclic) bond motifs is 4. The summed E-state index contributed by atoms with van der Waals surface area (Å²) in [4.78, 5) is 2.41. The van der Waals surface area contributed by atoms with Gasteiger partial charge in [0.1, 0.15) is 0 Å². The van der Waals surface area contributed by atoms with Crippen molar-refractivity contribution in [3.8, 4) is 33.4 Å². The Morgan fingerprint density at radius 3 is 1.39 bits per heavy atom. The molecule has 1 aliphatic rings. The maximum atomic E-state index is 2.44. The molecule has 1 aliphatic carbocycles. The van der Waals surface area contributed by atoms with Gasteiger partial charge in [-0.1, -0.05) is 182 Å². The molecule has 0 saturated carbocycles. The Labute approximate surface area is 317 Å². The molecule has 54 heavy (non-hydrogen) atoms. The van der Waals surface area contributed by atoms with Crippen molar-refractivity contribution in [1.82, 2.24) is 0 Å². The highest BCUT2D eigenvalue weighted by Gasteiger charge is 2.46. The van der Waals surface area contributed by atoms with E-state index in [9.17, 15) is 0 Å². The fourth-order valence-electron chi connectivity index (χ4n) is 8.62. The Kier molecular flexibility index (Phi) is 7.78. The Morgan fingerprint density at radius 1 is 0.278 bits per heavy atom. The van der Waals surface area contributed by atoms with Crippen LogP contribution >= 0.6 is 0 Å².